The number of nitrogens with zero attached hydrogens (tertiary/aromatic N) is 4. The standard InChI is InChI=1S/C23H27N5O/c1-29-21-9-7-19(8-10-21)11-13-24-22-12-14-25-23(26-22)28-17-15-27(16-18-28)20-5-3-2-4-6-20/h2-10,12,14H,11,13,15-18H2,1H3,(H,24,25,26). The van der Waals surface area contributed by atoms with Gasteiger partial charge in [0.25, 0.3) is 0 Å². The van der Waals surface area contributed by atoms with Gasteiger partial charge in [-0.05, 0) is 42.3 Å². The van der Waals surface area contributed by atoms with Crippen molar-refractivity contribution in [2.24, 2.45) is 0 Å². The number of piperazine rings is 1. The molecule has 0 atom stereocenters. The Labute approximate surface area is 172 Å². The molecule has 0 amide bonds. The molecular weight excluding hydrogens is 362 g/mol. The van der Waals surface area contributed by atoms with Crippen LogP contribution in [0.1, 0.15) is 5.56 Å². The molecule has 2 aromatic carbocycles. The number of methoxy groups -OCH3 is 1. The smallest absolute Gasteiger partial charge is 0.227 e. The minimum atomic E-state index is 0.798. The summed E-state index contributed by atoms with van der Waals surface area (Å²) in [6.07, 6.45) is 2.76. The van der Waals surface area contributed by atoms with E-state index in [2.05, 4.69) is 62.6 Å². The first kappa shape index (κ1) is 19.1. The number of hydrogen-bond acceptors (Lipinski definition) is 6. The van der Waals surface area contributed by atoms with Gasteiger partial charge < -0.3 is 19.9 Å². The molecule has 1 N–H and O–H groups in total. The molecular formula is C23H27N5O. The normalized spacial score (nSPS) is 14.0. The van der Waals surface area contributed by atoms with Crippen molar-refractivity contribution in [3.05, 3.63) is 72.4 Å². The molecule has 0 unspecified atom stereocenters. The van der Waals surface area contributed by atoms with Crippen LogP contribution in [0.15, 0.2) is 66.9 Å². The van der Waals surface area contributed by atoms with E-state index in [-0.39, 0.29) is 0 Å². The molecule has 1 saturated heterocycles. The van der Waals surface area contributed by atoms with Crippen LogP contribution in [0.25, 0.3) is 0 Å². The van der Waals surface area contributed by atoms with Crippen molar-refractivity contribution in [2.75, 3.05) is 55.0 Å². The third kappa shape index (κ3) is 4.96. The molecule has 0 aliphatic carbocycles. The summed E-state index contributed by atoms with van der Waals surface area (Å²) in [5, 5.41) is 3.42. The fourth-order valence-corrected chi connectivity index (χ4v) is 3.53. The number of nitrogens with one attached hydrogen (secondary N) is 1. The zero-order valence-electron chi connectivity index (χ0n) is 16.8. The minimum absolute atomic E-state index is 0.798. The summed E-state index contributed by atoms with van der Waals surface area (Å²) in [6.45, 7) is 4.62. The maximum atomic E-state index is 5.21. The molecule has 2 heterocycles. The maximum Gasteiger partial charge on any atom is 0.227 e. The largest absolute Gasteiger partial charge is 0.497 e. The van der Waals surface area contributed by atoms with E-state index in [0.717, 1.165) is 56.7 Å². The molecule has 1 aromatic heterocycles. The summed E-state index contributed by atoms with van der Waals surface area (Å²) in [7, 11) is 1.69. The molecule has 0 radical (unpaired) electrons. The van der Waals surface area contributed by atoms with E-state index in [1.165, 1.54) is 11.3 Å². The van der Waals surface area contributed by atoms with Gasteiger partial charge in [0.1, 0.15) is 11.6 Å². The molecule has 3 aromatic rings. The maximum absolute atomic E-state index is 5.21. The molecule has 6 heteroatoms. The molecule has 150 valence electrons. The second-order valence-corrected chi connectivity index (χ2v) is 7.08. The summed E-state index contributed by atoms with van der Waals surface area (Å²) in [5.74, 6) is 2.55. The zero-order valence-corrected chi connectivity index (χ0v) is 16.8. The lowest BCUT2D eigenvalue weighted by molar-refractivity contribution is 0.414. The quantitative estimate of drug-likeness (QED) is 0.668. The van der Waals surface area contributed by atoms with Gasteiger partial charge in [0.15, 0.2) is 0 Å². The van der Waals surface area contributed by atoms with Crippen molar-refractivity contribution in [1.29, 1.82) is 0 Å². The van der Waals surface area contributed by atoms with Gasteiger partial charge in [0.05, 0.1) is 7.11 Å². The van der Waals surface area contributed by atoms with Gasteiger partial charge in [-0.15, -0.1) is 0 Å². The molecule has 1 aliphatic rings. The predicted octanol–water partition coefficient (Wildman–Crippen LogP) is 3.47. The molecule has 0 bridgehead atoms. The number of ether oxygens (including phenoxy) is 1. The third-order valence-corrected chi connectivity index (χ3v) is 5.21. The van der Waals surface area contributed by atoms with Crippen molar-refractivity contribution >= 4 is 17.5 Å². The summed E-state index contributed by atoms with van der Waals surface area (Å²) in [5.41, 5.74) is 2.55. The first-order valence-electron chi connectivity index (χ1n) is 10.1. The van der Waals surface area contributed by atoms with Gasteiger partial charge in [-0.25, -0.2) is 4.98 Å². The van der Waals surface area contributed by atoms with Crippen LogP contribution in [-0.4, -0.2) is 49.8 Å². The third-order valence-electron chi connectivity index (χ3n) is 5.21. The molecule has 0 saturated carbocycles. The van der Waals surface area contributed by atoms with Gasteiger partial charge >= 0.3 is 0 Å². The molecule has 6 nitrogen and oxygen atoms in total. The fourth-order valence-electron chi connectivity index (χ4n) is 3.53. The number of anilines is 3. The van der Waals surface area contributed by atoms with E-state index in [0.29, 0.717) is 0 Å². The molecule has 4 rings (SSSR count). The van der Waals surface area contributed by atoms with Crippen LogP contribution in [0, 0.1) is 0 Å². The Balaban J connectivity index is 1.29. The first-order chi connectivity index (χ1) is 14.3. The highest BCUT2D eigenvalue weighted by atomic mass is 16.5. The Kier molecular flexibility index (Phi) is 6.10. The Morgan fingerprint density at radius 2 is 1.62 bits per heavy atom. The lowest BCUT2D eigenvalue weighted by Gasteiger charge is -2.36. The zero-order chi connectivity index (χ0) is 19.9. The molecule has 1 fully saturated rings. The number of rotatable bonds is 7. The lowest BCUT2D eigenvalue weighted by Crippen LogP contribution is -2.47. The van der Waals surface area contributed by atoms with Crippen LogP contribution in [0.3, 0.4) is 0 Å². The summed E-state index contributed by atoms with van der Waals surface area (Å²) >= 11 is 0. The van der Waals surface area contributed by atoms with E-state index in [4.69, 9.17) is 9.72 Å². The van der Waals surface area contributed by atoms with Crippen LogP contribution >= 0.6 is 0 Å². The van der Waals surface area contributed by atoms with Crippen molar-refractivity contribution in [2.45, 2.75) is 6.42 Å². The SMILES string of the molecule is COc1ccc(CCNc2ccnc(N3CCN(c4ccccc4)CC3)n2)cc1. The Bertz CT molecular complexity index is 893. The molecule has 0 spiro atoms. The summed E-state index contributed by atoms with van der Waals surface area (Å²) < 4.78 is 5.21. The molecule has 29 heavy (non-hydrogen) atoms. The van der Waals surface area contributed by atoms with E-state index < -0.39 is 0 Å². The highest BCUT2D eigenvalue weighted by molar-refractivity contribution is 5.49. The van der Waals surface area contributed by atoms with E-state index in [1.54, 1.807) is 7.11 Å². The van der Waals surface area contributed by atoms with Crippen LogP contribution < -0.4 is 19.9 Å². The Morgan fingerprint density at radius 3 is 2.34 bits per heavy atom. The van der Waals surface area contributed by atoms with Gasteiger partial charge in [0.2, 0.25) is 5.95 Å². The summed E-state index contributed by atoms with van der Waals surface area (Å²) in [6, 6.07) is 20.7. The first-order valence-corrected chi connectivity index (χ1v) is 10.1. The van der Waals surface area contributed by atoms with Gasteiger partial charge in [-0.1, -0.05) is 30.3 Å². The highest BCUT2D eigenvalue weighted by Crippen LogP contribution is 2.19. The monoisotopic (exact) mass is 389 g/mol. The van der Waals surface area contributed by atoms with Crippen molar-refractivity contribution in [3.8, 4) is 5.75 Å². The van der Waals surface area contributed by atoms with E-state index in [1.807, 2.05) is 24.4 Å². The van der Waals surface area contributed by atoms with E-state index in [9.17, 15) is 0 Å². The lowest BCUT2D eigenvalue weighted by atomic mass is 10.1. The van der Waals surface area contributed by atoms with Crippen LogP contribution in [0.5, 0.6) is 5.75 Å². The van der Waals surface area contributed by atoms with Crippen molar-refractivity contribution in [1.82, 2.24) is 9.97 Å². The Morgan fingerprint density at radius 1 is 0.897 bits per heavy atom. The second-order valence-electron chi connectivity index (χ2n) is 7.08. The number of aromatic nitrogens is 2. The van der Waals surface area contributed by atoms with Gasteiger partial charge in [-0.2, -0.15) is 4.98 Å². The predicted molar refractivity (Wildman–Crippen MR) is 118 cm³/mol. The average molecular weight is 390 g/mol. The van der Waals surface area contributed by atoms with Gasteiger partial charge in [0, 0.05) is 44.6 Å². The topological polar surface area (TPSA) is 53.5 Å². The number of hydrogen-bond donors (Lipinski definition) is 1. The average Bonchev–Trinajstić information content (AvgIpc) is 2.80. The second kappa shape index (κ2) is 9.28. The number of para-hydroxylation sites is 1. The van der Waals surface area contributed by atoms with Crippen LogP contribution in [0.2, 0.25) is 0 Å². The summed E-state index contributed by atoms with van der Waals surface area (Å²) in [4.78, 5) is 13.9. The van der Waals surface area contributed by atoms with Crippen molar-refractivity contribution < 1.29 is 4.74 Å². The Hall–Kier alpha value is -3.28. The fraction of sp³-hybridized carbons (Fsp3) is 0.304. The van der Waals surface area contributed by atoms with Crippen molar-refractivity contribution in [3.63, 3.8) is 0 Å². The minimum Gasteiger partial charge on any atom is -0.497 e. The number of benzene rings is 2. The van der Waals surface area contributed by atoms with E-state index >= 15 is 0 Å². The highest BCUT2D eigenvalue weighted by Gasteiger charge is 2.19. The molecule has 1 aliphatic heterocycles. The van der Waals surface area contributed by atoms with Gasteiger partial charge in [-0.3, -0.25) is 0 Å². The van der Waals surface area contributed by atoms with Crippen LogP contribution in [0.4, 0.5) is 17.5 Å². The van der Waals surface area contributed by atoms with Crippen LogP contribution in [-0.2, 0) is 6.42 Å².